The van der Waals surface area contributed by atoms with Gasteiger partial charge < -0.3 is 10.4 Å². The average molecular weight is 344 g/mol. The van der Waals surface area contributed by atoms with Crippen LogP contribution in [0.25, 0.3) is 0 Å². The summed E-state index contributed by atoms with van der Waals surface area (Å²) in [5.74, 6) is -0.269. The lowest BCUT2D eigenvalue weighted by atomic mass is 10.1. The number of halogens is 4. The molecule has 122 valence electrons. The minimum absolute atomic E-state index is 0.183. The average Bonchev–Trinajstić information content (AvgIpc) is 2.42. The van der Waals surface area contributed by atoms with Crippen LogP contribution in [0.3, 0.4) is 0 Å². The normalized spacial score (nSPS) is 12.8. The third-order valence-corrected chi connectivity index (χ3v) is 2.87. The summed E-state index contributed by atoms with van der Waals surface area (Å²) in [5, 5.41) is 33.2. The molecule has 1 unspecified atom stereocenters. The van der Waals surface area contributed by atoms with Crippen LogP contribution in [-0.2, 0) is 6.18 Å². The molecule has 1 aromatic rings. The minimum Gasteiger partial charge on any atom is -0.390 e. The summed E-state index contributed by atoms with van der Waals surface area (Å²) >= 11 is 5.30. The second-order valence-corrected chi connectivity index (χ2v) is 4.40. The number of nitrogens with one attached hydrogen (secondary N) is 1. The van der Waals surface area contributed by atoms with E-state index in [1.54, 1.807) is 0 Å². The van der Waals surface area contributed by atoms with E-state index in [0.717, 1.165) is 0 Å². The molecule has 0 aliphatic carbocycles. The number of nitrogens with zero attached hydrogens (tertiary/aromatic N) is 2. The Labute approximate surface area is 125 Å². The van der Waals surface area contributed by atoms with Crippen molar-refractivity contribution in [1.29, 1.82) is 0 Å². The smallest absolute Gasteiger partial charge is 0.390 e. The first-order valence-corrected chi connectivity index (χ1v) is 6.13. The van der Waals surface area contributed by atoms with Gasteiger partial charge in [0, 0.05) is 18.7 Å². The van der Waals surface area contributed by atoms with Crippen LogP contribution in [0.2, 0.25) is 0 Å². The van der Waals surface area contributed by atoms with Crippen LogP contribution in [-0.4, -0.2) is 33.5 Å². The molecule has 2 N–H and O–H groups in total. The molecule has 0 amide bonds. The van der Waals surface area contributed by atoms with Crippen LogP contribution in [0.1, 0.15) is 5.56 Å². The van der Waals surface area contributed by atoms with Crippen LogP contribution >= 0.6 is 11.6 Å². The van der Waals surface area contributed by atoms with Crippen LogP contribution in [0.4, 0.5) is 30.2 Å². The Hall–Kier alpha value is -2.14. The summed E-state index contributed by atoms with van der Waals surface area (Å²) < 4.78 is 38.0. The van der Waals surface area contributed by atoms with E-state index in [2.05, 4.69) is 5.32 Å². The zero-order chi connectivity index (χ0) is 17.1. The molecule has 1 aromatic carbocycles. The first kappa shape index (κ1) is 17.9. The van der Waals surface area contributed by atoms with Crippen LogP contribution in [0.5, 0.6) is 0 Å². The topological polar surface area (TPSA) is 119 Å². The van der Waals surface area contributed by atoms with Gasteiger partial charge in [0.2, 0.25) is 0 Å². The Morgan fingerprint density at radius 3 is 2.00 bits per heavy atom. The fourth-order valence-corrected chi connectivity index (χ4v) is 1.63. The number of nitro groups is 2. The van der Waals surface area contributed by atoms with Crippen molar-refractivity contribution in [2.75, 3.05) is 17.7 Å². The van der Waals surface area contributed by atoms with Gasteiger partial charge >= 0.3 is 6.18 Å². The first-order valence-electron chi connectivity index (χ1n) is 5.59. The zero-order valence-corrected chi connectivity index (χ0v) is 11.4. The number of rotatable bonds is 6. The molecular formula is C10H9ClF3N3O5. The van der Waals surface area contributed by atoms with Gasteiger partial charge in [-0.2, -0.15) is 13.2 Å². The summed E-state index contributed by atoms with van der Waals surface area (Å²) in [7, 11) is 0. The summed E-state index contributed by atoms with van der Waals surface area (Å²) in [4.78, 5) is 19.4. The van der Waals surface area contributed by atoms with Crippen molar-refractivity contribution in [1.82, 2.24) is 0 Å². The second kappa shape index (κ2) is 6.75. The van der Waals surface area contributed by atoms with Gasteiger partial charge in [-0.25, -0.2) is 0 Å². The number of aliphatic hydroxyl groups is 1. The van der Waals surface area contributed by atoms with E-state index in [0.29, 0.717) is 0 Å². The second-order valence-electron chi connectivity index (χ2n) is 4.09. The molecule has 0 aromatic heterocycles. The van der Waals surface area contributed by atoms with Gasteiger partial charge in [0.15, 0.2) is 5.69 Å². The zero-order valence-electron chi connectivity index (χ0n) is 10.6. The van der Waals surface area contributed by atoms with E-state index in [9.17, 15) is 38.5 Å². The maximum atomic E-state index is 12.7. The largest absolute Gasteiger partial charge is 0.416 e. The maximum Gasteiger partial charge on any atom is 0.416 e. The van der Waals surface area contributed by atoms with Gasteiger partial charge in [0.1, 0.15) is 0 Å². The lowest BCUT2D eigenvalue weighted by Crippen LogP contribution is -2.22. The van der Waals surface area contributed by atoms with Gasteiger partial charge in [-0.15, -0.1) is 11.6 Å². The Bertz CT molecular complexity index is 561. The van der Waals surface area contributed by atoms with Gasteiger partial charge in [0.25, 0.3) is 11.4 Å². The van der Waals surface area contributed by atoms with Crippen LogP contribution in [0.15, 0.2) is 12.1 Å². The highest BCUT2D eigenvalue weighted by atomic mass is 35.5. The molecule has 0 saturated heterocycles. The molecule has 0 radical (unpaired) electrons. The van der Waals surface area contributed by atoms with Crippen molar-refractivity contribution >= 4 is 28.7 Å². The molecule has 0 fully saturated rings. The number of aliphatic hydroxyl groups excluding tert-OH is 1. The molecule has 0 aliphatic heterocycles. The van der Waals surface area contributed by atoms with Crippen molar-refractivity contribution in [3.63, 3.8) is 0 Å². The predicted octanol–water partition coefficient (Wildman–Crippen LogP) is 2.53. The maximum absolute atomic E-state index is 12.7. The quantitative estimate of drug-likeness (QED) is 0.465. The number of hydrogen-bond donors (Lipinski definition) is 2. The molecule has 12 heteroatoms. The molecule has 22 heavy (non-hydrogen) atoms. The van der Waals surface area contributed by atoms with Gasteiger partial charge in [-0.05, 0) is 0 Å². The molecule has 0 saturated carbocycles. The molecule has 8 nitrogen and oxygen atoms in total. The van der Waals surface area contributed by atoms with E-state index in [1.807, 2.05) is 0 Å². The fraction of sp³-hybridized carbons (Fsp3) is 0.400. The Balaban J connectivity index is 3.44. The van der Waals surface area contributed by atoms with E-state index in [1.165, 1.54) is 0 Å². The number of hydrogen-bond acceptors (Lipinski definition) is 6. The SMILES string of the molecule is O=[N+]([O-])c1cc(C(F)(F)F)cc([N+](=O)[O-])c1NCC(O)CCl. The van der Waals surface area contributed by atoms with Crippen molar-refractivity contribution < 1.29 is 28.1 Å². The van der Waals surface area contributed by atoms with E-state index in [-0.39, 0.29) is 18.0 Å². The number of benzene rings is 1. The summed E-state index contributed by atoms with van der Waals surface area (Å²) in [5.41, 5.74) is -4.49. The van der Waals surface area contributed by atoms with Crippen LogP contribution in [0, 0.1) is 20.2 Å². The molecule has 1 rings (SSSR count). The fourth-order valence-electron chi connectivity index (χ4n) is 1.52. The Morgan fingerprint density at radius 1 is 1.23 bits per heavy atom. The van der Waals surface area contributed by atoms with Crippen molar-refractivity contribution in [3.05, 3.63) is 37.9 Å². The van der Waals surface area contributed by atoms with Crippen molar-refractivity contribution in [2.45, 2.75) is 12.3 Å². The number of alkyl halides is 4. The number of nitro benzene ring substituents is 2. The third kappa shape index (κ3) is 4.18. The highest BCUT2D eigenvalue weighted by Crippen LogP contribution is 2.41. The van der Waals surface area contributed by atoms with Crippen LogP contribution < -0.4 is 5.32 Å². The molecular weight excluding hydrogens is 335 g/mol. The standard InChI is InChI=1S/C10H9ClF3N3O5/c11-3-6(18)4-15-9-7(16(19)20)1-5(10(12,13)14)2-8(9)17(21)22/h1-2,6,15,18H,3-4H2. The number of anilines is 1. The summed E-state index contributed by atoms with van der Waals surface area (Å²) in [6, 6.07) is 0.366. The molecule has 0 spiro atoms. The monoisotopic (exact) mass is 343 g/mol. The Morgan fingerprint density at radius 2 is 1.68 bits per heavy atom. The Kier molecular flexibility index (Phi) is 5.49. The predicted molar refractivity (Wildman–Crippen MR) is 70.0 cm³/mol. The van der Waals surface area contributed by atoms with E-state index in [4.69, 9.17) is 11.6 Å². The highest BCUT2D eigenvalue weighted by Gasteiger charge is 2.37. The first-order chi connectivity index (χ1) is 10.1. The molecule has 1 atom stereocenters. The molecule has 0 bridgehead atoms. The van der Waals surface area contributed by atoms with Gasteiger partial charge in [-0.1, -0.05) is 0 Å². The van der Waals surface area contributed by atoms with Gasteiger partial charge in [-0.3, -0.25) is 20.2 Å². The van der Waals surface area contributed by atoms with E-state index < -0.39 is 51.3 Å². The third-order valence-electron chi connectivity index (χ3n) is 2.51. The molecule has 0 aliphatic rings. The summed E-state index contributed by atoms with van der Waals surface area (Å²) in [6.45, 7) is -0.406. The lowest BCUT2D eigenvalue weighted by molar-refractivity contribution is -0.392. The van der Waals surface area contributed by atoms with Crippen molar-refractivity contribution in [2.24, 2.45) is 0 Å². The van der Waals surface area contributed by atoms with Crippen molar-refractivity contribution in [3.8, 4) is 0 Å². The van der Waals surface area contributed by atoms with E-state index >= 15 is 0 Å². The summed E-state index contributed by atoms with van der Waals surface area (Å²) in [6.07, 6.45) is -6.17. The van der Waals surface area contributed by atoms with Gasteiger partial charge in [0.05, 0.1) is 27.4 Å². The lowest BCUT2D eigenvalue weighted by Gasteiger charge is -2.13. The minimum atomic E-state index is -4.98. The highest BCUT2D eigenvalue weighted by molar-refractivity contribution is 6.18. The molecule has 0 heterocycles.